The lowest BCUT2D eigenvalue weighted by molar-refractivity contribution is 0.322. The van der Waals surface area contributed by atoms with Crippen LogP contribution in [-0.2, 0) is 13.0 Å². The smallest absolute Gasteiger partial charge is 0.203 e. The minimum Gasteiger partial charge on any atom is -0.496 e. The average Bonchev–Trinajstić information content (AvgIpc) is 2.75. The van der Waals surface area contributed by atoms with Gasteiger partial charge in [-0.2, -0.15) is 0 Å². The molecule has 0 saturated carbocycles. The van der Waals surface area contributed by atoms with Crippen LogP contribution in [0, 0.1) is 6.92 Å². The van der Waals surface area contributed by atoms with E-state index in [0.717, 1.165) is 29.8 Å². The standard InChI is InChI=1S/C22H31N3O4.HI/c1-15-7-9-18(26-3)16(13-15)11-12-24-22(23-2)25-14-17-8-10-19(27-4)21(29-6)20(17)28-5;/h7-10,13H,11-12,14H2,1-6H3,(H2,23,24,25);1H. The quantitative estimate of drug-likeness (QED) is 0.294. The SMILES string of the molecule is CN=C(NCCc1cc(C)ccc1OC)NCc1ccc(OC)c(OC)c1OC.I. The third-order valence-electron chi connectivity index (χ3n) is 4.58. The molecule has 166 valence electrons. The van der Waals surface area contributed by atoms with Crippen LogP contribution < -0.4 is 29.6 Å². The molecule has 0 radical (unpaired) electrons. The van der Waals surface area contributed by atoms with E-state index in [1.54, 1.807) is 35.5 Å². The van der Waals surface area contributed by atoms with E-state index in [-0.39, 0.29) is 24.0 Å². The molecular formula is C22H32IN3O4. The molecule has 2 aromatic rings. The van der Waals surface area contributed by atoms with Gasteiger partial charge in [0, 0.05) is 25.7 Å². The maximum atomic E-state index is 5.53. The highest BCUT2D eigenvalue weighted by molar-refractivity contribution is 14.0. The van der Waals surface area contributed by atoms with Crippen LogP contribution in [0.2, 0.25) is 0 Å². The summed E-state index contributed by atoms with van der Waals surface area (Å²) in [6.45, 7) is 3.33. The fourth-order valence-corrected chi connectivity index (χ4v) is 3.12. The largest absolute Gasteiger partial charge is 0.496 e. The zero-order valence-corrected chi connectivity index (χ0v) is 20.8. The van der Waals surface area contributed by atoms with Crippen molar-refractivity contribution >= 4 is 29.9 Å². The van der Waals surface area contributed by atoms with Crippen molar-refractivity contribution in [2.75, 3.05) is 42.0 Å². The van der Waals surface area contributed by atoms with Gasteiger partial charge in [-0.3, -0.25) is 4.99 Å². The van der Waals surface area contributed by atoms with Crippen LogP contribution in [-0.4, -0.2) is 48.0 Å². The molecular weight excluding hydrogens is 497 g/mol. The molecule has 2 rings (SSSR count). The van der Waals surface area contributed by atoms with Crippen LogP contribution in [0.25, 0.3) is 0 Å². The van der Waals surface area contributed by atoms with Crippen molar-refractivity contribution < 1.29 is 18.9 Å². The van der Waals surface area contributed by atoms with Gasteiger partial charge < -0.3 is 29.6 Å². The maximum Gasteiger partial charge on any atom is 0.203 e. The van der Waals surface area contributed by atoms with E-state index in [9.17, 15) is 0 Å². The van der Waals surface area contributed by atoms with Gasteiger partial charge in [0.2, 0.25) is 5.75 Å². The van der Waals surface area contributed by atoms with Gasteiger partial charge >= 0.3 is 0 Å². The first kappa shape index (κ1) is 25.7. The number of halogens is 1. The first-order chi connectivity index (χ1) is 14.1. The molecule has 7 nitrogen and oxygen atoms in total. The second-order valence-corrected chi connectivity index (χ2v) is 6.41. The minimum atomic E-state index is 0. The summed E-state index contributed by atoms with van der Waals surface area (Å²) in [4.78, 5) is 4.29. The number of aliphatic imine (C=N–C) groups is 1. The number of aryl methyl sites for hydroxylation is 1. The summed E-state index contributed by atoms with van der Waals surface area (Å²) in [5.74, 6) is 3.44. The summed E-state index contributed by atoms with van der Waals surface area (Å²) in [6.07, 6.45) is 0.825. The van der Waals surface area contributed by atoms with E-state index in [1.165, 1.54) is 5.56 Å². The lowest BCUT2D eigenvalue weighted by Crippen LogP contribution is -2.38. The van der Waals surface area contributed by atoms with E-state index >= 15 is 0 Å². The number of rotatable bonds is 9. The van der Waals surface area contributed by atoms with E-state index in [2.05, 4.69) is 28.6 Å². The Morgan fingerprint density at radius 3 is 2.10 bits per heavy atom. The van der Waals surface area contributed by atoms with Gasteiger partial charge in [-0.05, 0) is 37.1 Å². The first-order valence-corrected chi connectivity index (χ1v) is 9.43. The third kappa shape index (κ3) is 6.58. The second kappa shape index (κ2) is 13.0. The Hall–Kier alpha value is -2.36. The Morgan fingerprint density at radius 1 is 0.833 bits per heavy atom. The Kier molecular flexibility index (Phi) is 11.2. The molecule has 0 heterocycles. The Labute approximate surface area is 196 Å². The molecule has 2 aromatic carbocycles. The van der Waals surface area contributed by atoms with Crippen LogP contribution in [0.4, 0.5) is 0 Å². The predicted molar refractivity (Wildman–Crippen MR) is 131 cm³/mol. The van der Waals surface area contributed by atoms with Crippen LogP contribution >= 0.6 is 24.0 Å². The van der Waals surface area contributed by atoms with Crippen molar-refractivity contribution in [2.24, 2.45) is 4.99 Å². The van der Waals surface area contributed by atoms with Gasteiger partial charge in [0.25, 0.3) is 0 Å². The highest BCUT2D eigenvalue weighted by Crippen LogP contribution is 2.39. The third-order valence-corrected chi connectivity index (χ3v) is 4.58. The lowest BCUT2D eigenvalue weighted by atomic mass is 10.1. The van der Waals surface area contributed by atoms with Crippen molar-refractivity contribution in [2.45, 2.75) is 19.9 Å². The molecule has 8 heteroatoms. The predicted octanol–water partition coefficient (Wildman–Crippen LogP) is 3.56. The fourth-order valence-electron chi connectivity index (χ4n) is 3.12. The number of hydrogen-bond acceptors (Lipinski definition) is 5. The number of methoxy groups -OCH3 is 4. The van der Waals surface area contributed by atoms with E-state index in [1.807, 2.05) is 24.3 Å². The Morgan fingerprint density at radius 2 is 1.50 bits per heavy atom. The van der Waals surface area contributed by atoms with E-state index < -0.39 is 0 Å². The highest BCUT2D eigenvalue weighted by Gasteiger charge is 2.16. The number of nitrogens with zero attached hydrogens (tertiary/aromatic N) is 1. The number of benzene rings is 2. The molecule has 0 aromatic heterocycles. The molecule has 0 bridgehead atoms. The van der Waals surface area contributed by atoms with Crippen molar-refractivity contribution in [1.29, 1.82) is 0 Å². The number of nitrogens with one attached hydrogen (secondary N) is 2. The molecule has 30 heavy (non-hydrogen) atoms. The molecule has 0 aliphatic heterocycles. The normalized spacial score (nSPS) is 10.7. The van der Waals surface area contributed by atoms with E-state index in [0.29, 0.717) is 29.8 Å². The van der Waals surface area contributed by atoms with Crippen molar-refractivity contribution in [3.63, 3.8) is 0 Å². The van der Waals surface area contributed by atoms with Gasteiger partial charge in [0.15, 0.2) is 17.5 Å². The van der Waals surface area contributed by atoms with Gasteiger partial charge in [-0.25, -0.2) is 0 Å². The summed E-state index contributed by atoms with van der Waals surface area (Å²) < 4.78 is 21.8. The average molecular weight is 529 g/mol. The van der Waals surface area contributed by atoms with Crippen molar-refractivity contribution in [3.8, 4) is 23.0 Å². The topological polar surface area (TPSA) is 73.3 Å². The molecule has 0 aliphatic carbocycles. The summed E-state index contributed by atoms with van der Waals surface area (Å²) in [5, 5.41) is 6.64. The number of guanidine groups is 1. The number of hydrogen-bond donors (Lipinski definition) is 2. The summed E-state index contributed by atoms with van der Waals surface area (Å²) in [6, 6.07) is 10.00. The van der Waals surface area contributed by atoms with Crippen LogP contribution in [0.5, 0.6) is 23.0 Å². The monoisotopic (exact) mass is 529 g/mol. The van der Waals surface area contributed by atoms with Gasteiger partial charge in [-0.1, -0.05) is 17.7 Å². The Balaban J connectivity index is 0.00000450. The molecule has 0 aliphatic rings. The maximum absolute atomic E-state index is 5.53. The van der Waals surface area contributed by atoms with Crippen molar-refractivity contribution in [3.05, 3.63) is 47.0 Å². The Bertz CT molecular complexity index is 843. The lowest BCUT2D eigenvalue weighted by Gasteiger charge is -2.17. The van der Waals surface area contributed by atoms with Gasteiger partial charge in [0.1, 0.15) is 5.75 Å². The molecule has 0 unspecified atom stereocenters. The van der Waals surface area contributed by atoms with Crippen LogP contribution in [0.15, 0.2) is 35.3 Å². The zero-order chi connectivity index (χ0) is 21.2. The summed E-state index contributed by atoms with van der Waals surface area (Å²) in [5.41, 5.74) is 3.31. The molecule has 0 saturated heterocycles. The fraction of sp³-hybridized carbons (Fsp3) is 0.409. The van der Waals surface area contributed by atoms with Gasteiger partial charge in [0.05, 0.1) is 28.4 Å². The minimum absolute atomic E-state index is 0. The molecule has 2 N–H and O–H groups in total. The molecule has 0 fully saturated rings. The summed E-state index contributed by atoms with van der Waals surface area (Å²) >= 11 is 0. The summed E-state index contributed by atoms with van der Waals surface area (Å²) in [7, 11) is 8.25. The second-order valence-electron chi connectivity index (χ2n) is 6.41. The molecule has 0 amide bonds. The number of ether oxygens (including phenoxy) is 4. The molecule has 0 spiro atoms. The zero-order valence-electron chi connectivity index (χ0n) is 18.5. The van der Waals surface area contributed by atoms with Crippen LogP contribution in [0.1, 0.15) is 16.7 Å². The molecule has 0 atom stereocenters. The van der Waals surface area contributed by atoms with Gasteiger partial charge in [-0.15, -0.1) is 24.0 Å². The first-order valence-electron chi connectivity index (χ1n) is 9.43. The highest BCUT2D eigenvalue weighted by atomic mass is 127. The van der Waals surface area contributed by atoms with E-state index in [4.69, 9.17) is 18.9 Å². The van der Waals surface area contributed by atoms with Crippen LogP contribution in [0.3, 0.4) is 0 Å². The van der Waals surface area contributed by atoms with Crippen molar-refractivity contribution in [1.82, 2.24) is 10.6 Å².